The van der Waals surface area contributed by atoms with Crippen LogP contribution < -0.4 is 15.8 Å². The molecule has 0 aliphatic carbocycles. The fourth-order valence-electron chi connectivity index (χ4n) is 4.81. The molecule has 0 radical (unpaired) electrons. The van der Waals surface area contributed by atoms with E-state index in [1.807, 2.05) is 6.92 Å². The number of hydrogen-bond acceptors (Lipinski definition) is 7. The summed E-state index contributed by atoms with van der Waals surface area (Å²) in [6, 6.07) is 10.2. The van der Waals surface area contributed by atoms with Crippen LogP contribution >= 0.6 is 11.3 Å². The van der Waals surface area contributed by atoms with E-state index in [4.69, 9.17) is 0 Å². The van der Waals surface area contributed by atoms with Gasteiger partial charge in [-0.2, -0.15) is 4.52 Å². The number of carbonyl (C=O) groups is 1. The van der Waals surface area contributed by atoms with Gasteiger partial charge in [-0.05, 0) is 43.7 Å². The van der Waals surface area contributed by atoms with Crippen molar-refractivity contribution < 1.29 is 4.79 Å². The second-order valence-electron chi connectivity index (χ2n) is 9.04. The molecule has 174 valence electrons. The third-order valence-corrected chi connectivity index (χ3v) is 7.55. The molecule has 1 amide bonds. The largest absolute Gasteiger partial charge is 0.356 e. The normalized spacial score (nSPS) is 18.9. The zero-order valence-corrected chi connectivity index (χ0v) is 19.8. The number of aromatic nitrogens is 3. The molecular weight excluding hydrogens is 436 g/mol. The van der Waals surface area contributed by atoms with Gasteiger partial charge in [0.1, 0.15) is 0 Å². The first-order valence-corrected chi connectivity index (χ1v) is 12.6. The topological polar surface area (TPSA) is 82.8 Å². The summed E-state index contributed by atoms with van der Waals surface area (Å²) >= 11 is 1.41. The number of rotatable bonds is 6. The van der Waals surface area contributed by atoms with Crippen LogP contribution in [0.3, 0.4) is 0 Å². The molecule has 2 aromatic heterocycles. The monoisotopic (exact) mass is 466 g/mol. The minimum atomic E-state index is -0.163. The third-order valence-electron chi connectivity index (χ3n) is 6.59. The van der Waals surface area contributed by atoms with Crippen molar-refractivity contribution in [1.82, 2.24) is 24.8 Å². The molecule has 2 aliphatic rings. The van der Waals surface area contributed by atoms with Crippen LogP contribution in [0.4, 0.5) is 5.13 Å². The summed E-state index contributed by atoms with van der Waals surface area (Å²) in [4.78, 5) is 34.6. The first-order valence-electron chi connectivity index (χ1n) is 11.8. The Hall–Kier alpha value is -2.78. The highest BCUT2D eigenvalue weighted by Gasteiger charge is 2.28. The van der Waals surface area contributed by atoms with E-state index in [0.29, 0.717) is 23.7 Å². The highest BCUT2D eigenvalue weighted by molar-refractivity contribution is 7.20. The minimum absolute atomic E-state index is 0.0564. The number of nitrogens with one attached hydrogen (secondary N) is 1. The summed E-state index contributed by atoms with van der Waals surface area (Å²) in [5.74, 6) is 0.0648. The number of anilines is 1. The average molecular weight is 467 g/mol. The number of aryl methyl sites for hydroxylation is 1. The number of benzene rings is 1. The molecule has 4 heterocycles. The van der Waals surface area contributed by atoms with Gasteiger partial charge in [-0.3, -0.25) is 14.5 Å². The van der Waals surface area contributed by atoms with Gasteiger partial charge in [0.05, 0.1) is 5.92 Å². The fraction of sp³-hybridized carbons (Fsp3) is 0.500. The van der Waals surface area contributed by atoms with Crippen LogP contribution in [0.1, 0.15) is 36.1 Å². The SMILES string of the molecule is Cc1cc(=O)n2nc(N3CCC[C@H](C(=O)NCCCN4CCc5ccccc5C4)C3)sc2n1. The molecule has 0 saturated carbocycles. The summed E-state index contributed by atoms with van der Waals surface area (Å²) < 4.78 is 1.36. The van der Waals surface area contributed by atoms with Crippen molar-refractivity contribution in [2.24, 2.45) is 5.92 Å². The quantitative estimate of drug-likeness (QED) is 0.561. The Morgan fingerprint density at radius 1 is 1.24 bits per heavy atom. The smallest absolute Gasteiger partial charge is 0.275 e. The van der Waals surface area contributed by atoms with E-state index in [2.05, 4.69) is 49.5 Å². The van der Waals surface area contributed by atoms with Crippen LogP contribution in [0.5, 0.6) is 0 Å². The molecule has 33 heavy (non-hydrogen) atoms. The van der Waals surface area contributed by atoms with Gasteiger partial charge in [0.25, 0.3) is 5.56 Å². The molecule has 3 aromatic rings. The lowest BCUT2D eigenvalue weighted by Crippen LogP contribution is -2.43. The summed E-state index contributed by atoms with van der Waals surface area (Å²) in [5, 5.41) is 8.37. The Bertz CT molecular complexity index is 1210. The van der Waals surface area contributed by atoms with Gasteiger partial charge >= 0.3 is 0 Å². The van der Waals surface area contributed by atoms with Crippen LogP contribution in [0, 0.1) is 12.8 Å². The first kappa shape index (κ1) is 22.0. The Kier molecular flexibility index (Phi) is 6.41. The lowest BCUT2D eigenvalue weighted by atomic mass is 9.97. The number of nitrogens with zero attached hydrogens (tertiary/aromatic N) is 5. The second kappa shape index (κ2) is 9.61. The molecule has 0 unspecified atom stereocenters. The highest BCUT2D eigenvalue weighted by atomic mass is 32.1. The zero-order valence-electron chi connectivity index (χ0n) is 19.0. The maximum atomic E-state index is 12.8. The van der Waals surface area contributed by atoms with E-state index < -0.39 is 0 Å². The zero-order chi connectivity index (χ0) is 22.8. The van der Waals surface area contributed by atoms with Crippen LogP contribution in [0.2, 0.25) is 0 Å². The van der Waals surface area contributed by atoms with Gasteiger partial charge in [-0.1, -0.05) is 35.6 Å². The predicted octanol–water partition coefficient (Wildman–Crippen LogP) is 2.24. The van der Waals surface area contributed by atoms with Crippen molar-refractivity contribution in [1.29, 1.82) is 0 Å². The van der Waals surface area contributed by atoms with Crippen LogP contribution in [0.25, 0.3) is 4.96 Å². The standard InChI is InChI=1S/C24H30N6O2S/c1-17-14-21(31)30-23(26-17)33-24(27-30)29-12-4-8-20(16-29)22(32)25-10-5-11-28-13-9-18-6-2-3-7-19(18)15-28/h2-3,6-7,14,20H,4-5,8-13,15-16H2,1H3,(H,25,32)/t20-/m0/s1. The molecule has 2 aliphatic heterocycles. The maximum absolute atomic E-state index is 12.8. The molecule has 1 N–H and O–H groups in total. The molecule has 0 spiro atoms. The summed E-state index contributed by atoms with van der Waals surface area (Å²) in [5.41, 5.74) is 3.42. The summed E-state index contributed by atoms with van der Waals surface area (Å²) in [6.45, 7) is 7.07. The third kappa shape index (κ3) is 4.94. The number of carbonyl (C=O) groups excluding carboxylic acids is 1. The Morgan fingerprint density at radius 2 is 2.09 bits per heavy atom. The maximum Gasteiger partial charge on any atom is 0.275 e. The molecule has 0 bridgehead atoms. The van der Waals surface area contributed by atoms with E-state index in [1.54, 1.807) is 0 Å². The van der Waals surface area contributed by atoms with Crippen molar-refractivity contribution in [2.45, 2.75) is 39.2 Å². The lowest BCUT2D eigenvalue weighted by molar-refractivity contribution is -0.125. The molecule has 1 saturated heterocycles. The van der Waals surface area contributed by atoms with Crippen molar-refractivity contribution in [3.05, 3.63) is 57.5 Å². The molecule has 1 aromatic carbocycles. The number of hydrogen-bond donors (Lipinski definition) is 1. The fourth-order valence-corrected chi connectivity index (χ4v) is 5.79. The molecular formula is C24H30N6O2S. The van der Waals surface area contributed by atoms with E-state index in [0.717, 1.165) is 57.0 Å². The summed E-state index contributed by atoms with van der Waals surface area (Å²) in [7, 11) is 0. The number of amides is 1. The molecule has 8 nitrogen and oxygen atoms in total. The van der Waals surface area contributed by atoms with Crippen molar-refractivity contribution >= 4 is 27.3 Å². The van der Waals surface area contributed by atoms with Gasteiger partial charge in [0.15, 0.2) is 0 Å². The van der Waals surface area contributed by atoms with Crippen molar-refractivity contribution in [2.75, 3.05) is 37.6 Å². The number of fused-ring (bicyclic) bond motifs is 2. The van der Waals surface area contributed by atoms with E-state index in [1.165, 1.54) is 33.0 Å². The average Bonchev–Trinajstić information content (AvgIpc) is 3.26. The molecule has 9 heteroatoms. The number of piperidine rings is 1. The molecule has 5 rings (SSSR count). The Morgan fingerprint density at radius 3 is 2.97 bits per heavy atom. The van der Waals surface area contributed by atoms with Crippen LogP contribution in [-0.4, -0.2) is 58.1 Å². The highest BCUT2D eigenvalue weighted by Crippen LogP contribution is 2.27. The van der Waals surface area contributed by atoms with Gasteiger partial charge in [0.2, 0.25) is 16.0 Å². The van der Waals surface area contributed by atoms with Gasteiger partial charge in [-0.25, -0.2) is 4.98 Å². The van der Waals surface area contributed by atoms with Crippen molar-refractivity contribution in [3.63, 3.8) is 0 Å². The Balaban J connectivity index is 1.11. The van der Waals surface area contributed by atoms with E-state index >= 15 is 0 Å². The molecule has 1 fully saturated rings. The summed E-state index contributed by atoms with van der Waals surface area (Å²) in [6.07, 6.45) is 3.87. The molecule has 1 atom stereocenters. The van der Waals surface area contributed by atoms with Crippen LogP contribution in [0.15, 0.2) is 35.1 Å². The minimum Gasteiger partial charge on any atom is -0.356 e. The predicted molar refractivity (Wildman–Crippen MR) is 130 cm³/mol. The van der Waals surface area contributed by atoms with Crippen molar-refractivity contribution in [3.8, 4) is 0 Å². The van der Waals surface area contributed by atoms with Gasteiger partial charge in [0, 0.05) is 51.0 Å². The van der Waals surface area contributed by atoms with E-state index in [9.17, 15) is 9.59 Å². The Labute approximate surface area is 197 Å². The van der Waals surface area contributed by atoms with E-state index in [-0.39, 0.29) is 17.4 Å². The van der Waals surface area contributed by atoms with Gasteiger partial charge < -0.3 is 10.2 Å². The first-order chi connectivity index (χ1) is 16.1. The van der Waals surface area contributed by atoms with Crippen LogP contribution in [-0.2, 0) is 17.8 Å². The van der Waals surface area contributed by atoms with Gasteiger partial charge in [-0.15, -0.1) is 5.10 Å². The lowest BCUT2D eigenvalue weighted by Gasteiger charge is -2.31. The second-order valence-corrected chi connectivity index (χ2v) is 9.97.